The second-order valence-corrected chi connectivity index (χ2v) is 5.56. The number of para-hydroxylation sites is 1. The third kappa shape index (κ3) is 2.66. The van der Waals surface area contributed by atoms with Gasteiger partial charge in [-0.1, -0.05) is 29.8 Å². The summed E-state index contributed by atoms with van der Waals surface area (Å²) in [5, 5.41) is 2.92. The molecule has 3 rings (SSSR count). The minimum Gasteiger partial charge on any atom is -0.298 e. The highest BCUT2D eigenvalue weighted by atomic mass is 35.5. The summed E-state index contributed by atoms with van der Waals surface area (Å²) in [6, 6.07) is 13.1. The van der Waals surface area contributed by atoms with Crippen LogP contribution in [0.4, 0.5) is 0 Å². The third-order valence-corrected chi connectivity index (χ3v) is 3.94. The molecule has 0 aliphatic carbocycles. The fourth-order valence-electron chi connectivity index (χ4n) is 1.80. The first-order chi connectivity index (χ1) is 9.76. The third-order valence-electron chi connectivity index (χ3n) is 2.75. The summed E-state index contributed by atoms with van der Waals surface area (Å²) >= 11 is 7.16. The predicted molar refractivity (Wildman–Crippen MR) is 80.5 cm³/mol. The topological polar surface area (TPSA) is 42.9 Å². The number of hydrogen-bond acceptors (Lipinski definition) is 4. The molecule has 0 unspecified atom stereocenters. The van der Waals surface area contributed by atoms with E-state index in [0.717, 1.165) is 22.2 Å². The quantitative estimate of drug-likeness (QED) is 0.678. The average molecular weight is 301 g/mol. The Kier molecular flexibility index (Phi) is 3.67. The van der Waals surface area contributed by atoms with Crippen molar-refractivity contribution < 1.29 is 4.79 Å². The van der Waals surface area contributed by atoms with Gasteiger partial charge in [0.25, 0.3) is 0 Å². The van der Waals surface area contributed by atoms with Crippen LogP contribution in [0.3, 0.4) is 0 Å². The number of benzene rings is 1. The van der Waals surface area contributed by atoms with Crippen LogP contribution in [0.5, 0.6) is 0 Å². The van der Waals surface area contributed by atoms with Crippen molar-refractivity contribution in [2.75, 3.05) is 0 Å². The number of rotatable bonds is 3. The smallest absolute Gasteiger partial charge is 0.152 e. The van der Waals surface area contributed by atoms with E-state index >= 15 is 0 Å². The normalized spacial score (nSPS) is 10.7. The van der Waals surface area contributed by atoms with E-state index in [-0.39, 0.29) is 0 Å². The monoisotopic (exact) mass is 300 g/mol. The summed E-state index contributed by atoms with van der Waals surface area (Å²) in [5.74, 6) is 0. The van der Waals surface area contributed by atoms with Gasteiger partial charge in [-0.3, -0.25) is 4.79 Å². The van der Waals surface area contributed by atoms with Crippen LogP contribution in [0.2, 0.25) is 5.02 Å². The lowest BCUT2D eigenvalue weighted by molar-refractivity contribution is 0.112. The van der Waals surface area contributed by atoms with Crippen LogP contribution in [-0.4, -0.2) is 16.3 Å². The molecule has 0 amide bonds. The molecule has 3 aromatic rings. The van der Waals surface area contributed by atoms with E-state index in [1.165, 1.54) is 11.8 Å². The van der Waals surface area contributed by atoms with Crippen molar-refractivity contribution in [3.8, 4) is 0 Å². The number of carbonyl (C=O) groups excluding carboxylic acids is 1. The number of aldehydes is 1. The molecule has 0 N–H and O–H groups in total. The van der Waals surface area contributed by atoms with Crippen molar-refractivity contribution in [2.24, 2.45) is 0 Å². The minimum atomic E-state index is 0.561. The average Bonchev–Trinajstić information content (AvgIpc) is 2.49. The number of nitrogens with zero attached hydrogens (tertiary/aromatic N) is 2. The molecule has 1 aromatic carbocycles. The van der Waals surface area contributed by atoms with Crippen molar-refractivity contribution >= 4 is 40.6 Å². The number of halogens is 1. The molecule has 98 valence electrons. The van der Waals surface area contributed by atoms with Gasteiger partial charge in [-0.25, -0.2) is 9.97 Å². The van der Waals surface area contributed by atoms with Gasteiger partial charge in [-0.2, -0.15) is 0 Å². The van der Waals surface area contributed by atoms with Gasteiger partial charge in [0.05, 0.1) is 10.5 Å². The summed E-state index contributed by atoms with van der Waals surface area (Å²) in [5.41, 5.74) is 1.42. The predicted octanol–water partition coefficient (Wildman–Crippen LogP) is 4.25. The second-order valence-electron chi connectivity index (χ2n) is 4.11. The number of fused-ring (bicyclic) bond motifs is 1. The van der Waals surface area contributed by atoms with E-state index in [2.05, 4.69) is 9.97 Å². The van der Waals surface area contributed by atoms with Crippen molar-refractivity contribution in [3.05, 3.63) is 59.2 Å². The van der Waals surface area contributed by atoms with Gasteiger partial charge in [0, 0.05) is 17.1 Å². The molecule has 2 aromatic heterocycles. The minimum absolute atomic E-state index is 0.561. The van der Waals surface area contributed by atoms with Gasteiger partial charge < -0.3 is 0 Å². The first-order valence-corrected chi connectivity index (χ1v) is 7.10. The zero-order valence-electron chi connectivity index (χ0n) is 10.3. The lowest BCUT2D eigenvalue weighted by Crippen LogP contribution is -1.92. The molecule has 0 bridgehead atoms. The second kappa shape index (κ2) is 5.61. The Balaban J connectivity index is 2.05. The Labute approximate surface area is 125 Å². The van der Waals surface area contributed by atoms with Crippen LogP contribution in [-0.2, 0) is 0 Å². The fraction of sp³-hybridized carbons (Fsp3) is 0. The maximum Gasteiger partial charge on any atom is 0.152 e. The Morgan fingerprint density at radius 2 is 2.00 bits per heavy atom. The van der Waals surface area contributed by atoms with Gasteiger partial charge in [-0.15, -0.1) is 0 Å². The highest BCUT2D eigenvalue weighted by Crippen LogP contribution is 2.29. The summed E-state index contributed by atoms with van der Waals surface area (Å²) in [7, 11) is 0. The van der Waals surface area contributed by atoms with E-state index in [1.54, 1.807) is 18.3 Å². The van der Waals surface area contributed by atoms with E-state index in [4.69, 9.17) is 11.6 Å². The van der Waals surface area contributed by atoms with E-state index < -0.39 is 0 Å². The van der Waals surface area contributed by atoms with Crippen molar-refractivity contribution in [2.45, 2.75) is 10.1 Å². The van der Waals surface area contributed by atoms with Crippen LogP contribution in [0, 0.1) is 0 Å². The maximum absolute atomic E-state index is 11.2. The first kappa shape index (κ1) is 13.1. The molecule has 0 radical (unpaired) electrons. The van der Waals surface area contributed by atoms with Gasteiger partial charge in [0.1, 0.15) is 10.1 Å². The van der Waals surface area contributed by atoms with Crippen LogP contribution in [0.15, 0.2) is 58.7 Å². The van der Waals surface area contributed by atoms with Crippen molar-refractivity contribution in [1.82, 2.24) is 9.97 Å². The fourth-order valence-corrected chi connectivity index (χ4v) is 2.72. The van der Waals surface area contributed by atoms with Crippen LogP contribution in [0.1, 0.15) is 10.4 Å². The highest BCUT2D eigenvalue weighted by molar-refractivity contribution is 7.99. The molecular formula is C15H9ClN2OS. The zero-order valence-corrected chi connectivity index (χ0v) is 11.9. The Morgan fingerprint density at radius 3 is 2.75 bits per heavy atom. The van der Waals surface area contributed by atoms with E-state index in [0.29, 0.717) is 15.6 Å². The molecular weight excluding hydrogens is 292 g/mol. The maximum atomic E-state index is 11.2. The number of hydrogen-bond donors (Lipinski definition) is 0. The summed E-state index contributed by atoms with van der Waals surface area (Å²) in [6.07, 6.45) is 2.39. The lowest BCUT2D eigenvalue weighted by atomic mass is 10.2. The van der Waals surface area contributed by atoms with Crippen molar-refractivity contribution in [3.63, 3.8) is 0 Å². The zero-order chi connectivity index (χ0) is 13.9. The van der Waals surface area contributed by atoms with Gasteiger partial charge in [0.15, 0.2) is 6.29 Å². The van der Waals surface area contributed by atoms with Gasteiger partial charge >= 0.3 is 0 Å². The molecule has 0 spiro atoms. The lowest BCUT2D eigenvalue weighted by Gasteiger charge is -2.05. The van der Waals surface area contributed by atoms with Gasteiger partial charge in [-0.05, 0) is 36.0 Å². The number of aromatic nitrogens is 2. The molecule has 0 aliphatic rings. The molecule has 0 fully saturated rings. The van der Waals surface area contributed by atoms with Crippen LogP contribution >= 0.6 is 23.4 Å². The first-order valence-electron chi connectivity index (χ1n) is 5.90. The molecule has 0 atom stereocenters. The Hall–Kier alpha value is -1.91. The SMILES string of the molecule is O=Cc1cc2ccccc2nc1Sc1ccc(Cl)cn1. The van der Waals surface area contributed by atoms with Crippen LogP contribution < -0.4 is 0 Å². The molecule has 2 heterocycles. The van der Waals surface area contributed by atoms with Crippen LogP contribution in [0.25, 0.3) is 10.9 Å². The highest BCUT2D eigenvalue weighted by Gasteiger charge is 2.09. The number of carbonyl (C=O) groups is 1. The standard InChI is InChI=1S/C15H9ClN2OS/c16-12-5-6-14(17-8-12)20-15-11(9-19)7-10-3-1-2-4-13(10)18-15/h1-9H. The Bertz CT molecular complexity index is 774. The molecule has 0 saturated carbocycles. The van der Waals surface area contributed by atoms with Gasteiger partial charge in [0.2, 0.25) is 0 Å². The molecule has 3 nitrogen and oxygen atoms in total. The van der Waals surface area contributed by atoms with Crippen molar-refractivity contribution in [1.29, 1.82) is 0 Å². The molecule has 0 aliphatic heterocycles. The molecule has 5 heteroatoms. The summed E-state index contributed by atoms with van der Waals surface area (Å²) in [4.78, 5) is 19.9. The van der Waals surface area contributed by atoms with E-state index in [9.17, 15) is 4.79 Å². The van der Waals surface area contributed by atoms with E-state index in [1.807, 2.05) is 30.3 Å². The summed E-state index contributed by atoms with van der Waals surface area (Å²) in [6.45, 7) is 0. The number of pyridine rings is 2. The summed E-state index contributed by atoms with van der Waals surface area (Å²) < 4.78 is 0. The molecule has 0 saturated heterocycles. The molecule has 20 heavy (non-hydrogen) atoms. The Morgan fingerprint density at radius 1 is 1.15 bits per heavy atom. The largest absolute Gasteiger partial charge is 0.298 e.